The number of nitrogens with one attached hydrogen (secondary N) is 1. The molecule has 38 heavy (non-hydrogen) atoms. The summed E-state index contributed by atoms with van der Waals surface area (Å²) in [5.74, 6) is -0.00540. The number of aliphatic hydroxyl groups excluding tert-OH is 1. The van der Waals surface area contributed by atoms with Gasteiger partial charge in [-0.15, -0.1) is 0 Å². The Balaban J connectivity index is 1.18. The molecule has 2 fully saturated rings. The first-order valence-electron chi connectivity index (χ1n) is 14.0. The van der Waals surface area contributed by atoms with Gasteiger partial charge in [-0.3, -0.25) is 9.59 Å². The molecule has 2 saturated heterocycles. The fourth-order valence-corrected chi connectivity index (χ4v) is 7.28. The predicted molar refractivity (Wildman–Crippen MR) is 145 cm³/mol. The Morgan fingerprint density at radius 3 is 2.55 bits per heavy atom. The summed E-state index contributed by atoms with van der Waals surface area (Å²) in [7, 11) is 1.76. The molecule has 4 heterocycles. The third kappa shape index (κ3) is 4.44. The smallest absolute Gasteiger partial charge is 0.254 e. The number of fused-ring (bicyclic) bond motifs is 4. The Kier molecular flexibility index (Phi) is 6.57. The molecule has 7 nitrogen and oxygen atoms in total. The van der Waals surface area contributed by atoms with Gasteiger partial charge in [0.25, 0.3) is 11.8 Å². The summed E-state index contributed by atoms with van der Waals surface area (Å²) in [5.41, 5.74) is 4.39. The van der Waals surface area contributed by atoms with Crippen LogP contribution < -0.4 is 5.32 Å². The summed E-state index contributed by atoms with van der Waals surface area (Å²) < 4.78 is 5.61. The third-order valence-electron chi connectivity index (χ3n) is 9.34. The Morgan fingerprint density at radius 2 is 1.84 bits per heavy atom. The number of nitrogens with zero attached hydrogens (tertiary/aromatic N) is 2. The van der Waals surface area contributed by atoms with Crippen LogP contribution in [0.25, 0.3) is 0 Å². The van der Waals surface area contributed by atoms with Crippen molar-refractivity contribution in [3.05, 3.63) is 70.3 Å². The van der Waals surface area contributed by atoms with E-state index >= 15 is 0 Å². The maximum absolute atomic E-state index is 13.7. The molecule has 0 radical (unpaired) electrons. The van der Waals surface area contributed by atoms with E-state index in [1.807, 2.05) is 30.3 Å². The van der Waals surface area contributed by atoms with Crippen LogP contribution >= 0.6 is 0 Å². The number of carbonyl (C=O) groups is 2. The van der Waals surface area contributed by atoms with Crippen LogP contribution in [0.4, 0.5) is 0 Å². The van der Waals surface area contributed by atoms with E-state index in [0.29, 0.717) is 17.7 Å². The van der Waals surface area contributed by atoms with Crippen LogP contribution in [0.2, 0.25) is 0 Å². The van der Waals surface area contributed by atoms with Gasteiger partial charge in [0.15, 0.2) is 0 Å². The Bertz CT molecular complexity index is 1230. The summed E-state index contributed by atoms with van der Waals surface area (Å²) in [4.78, 5) is 31.1. The van der Waals surface area contributed by atoms with Gasteiger partial charge in [0.1, 0.15) is 0 Å². The molecule has 2 aromatic carbocycles. The third-order valence-corrected chi connectivity index (χ3v) is 9.34. The standard InChI is InChI=1S/C31H39N3O4/c1-31(2)18-33(17-28(35)27-13-19-6-4-5-7-21(19)16-32-27)30(37)25-11-8-20(12-26(25)31)29(36)34-22-9-10-23(34)15-24(14-22)38-3/h4-8,11-12,22-24,27-28,32,35H,9-10,13-18H2,1-3H3/t22-,23+,24-,27-,28-/m0/s1. The quantitative estimate of drug-likeness (QED) is 0.636. The Labute approximate surface area is 225 Å². The van der Waals surface area contributed by atoms with Crippen molar-refractivity contribution in [3.8, 4) is 0 Å². The van der Waals surface area contributed by atoms with Crippen LogP contribution in [0.15, 0.2) is 42.5 Å². The second-order valence-electron chi connectivity index (χ2n) is 12.3. The minimum Gasteiger partial charge on any atom is -0.390 e. The molecule has 4 aliphatic rings. The molecule has 6 rings (SSSR count). The van der Waals surface area contributed by atoms with Crippen molar-refractivity contribution in [3.63, 3.8) is 0 Å². The van der Waals surface area contributed by atoms with Gasteiger partial charge >= 0.3 is 0 Å². The number of aliphatic hydroxyl groups is 1. The topological polar surface area (TPSA) is 82.1 Å². The maximum atomic E-state index is 13.7. The van der Waals surface area contributed by atoms with Crippen LogP contribution in [0, 0.1) is 0 Å². The lowest BCUT2D eigenvalue weighted by atomic mass is 9.77. The van der Waals surface area contributed by atoms with E-state index in [0.717, 1.165) is 44.2 Å². The normalized spacial score (nSPS) is 28.6. The number of benzene rings is 2. The molecular formula is C31H39N3O4. The molecule has 0 saturated carbocycles. The SMILES string of the molecule is CO[C@@H]1C[C@H]2CC[C@@H](C1)N2C(=O)c1ccc2c(c1)C(C)(C)CN(C[C@H](O)[C@@H]1Cc3ccccc3CN1)C2=O. The number of ether oxygens (including phenoxy) is 1. The summed E-state index contributed by atoms with van der Waals surface area (Å²) in [5, 5.41) is 14.6. The monoisotopic (exact) mass is 517 g/mol. The van der Waals surface area contributed by atoms with Gasteiger partial charge in [0.05, 0.1) is 12.2 Å². The lowest BCUT2D eigenvalue weighted by Crippen LogP contribution is -2.54. The first-order valence-corrected chi connectivity index (χ1v) is 14.0. The molecule has 4 aliphatic heterocycles. The molecule has 2 aromatic rings. The number of hydrogen-bond acceptors (Lipinski definition) is 5. The number of β-amino-alcohol motifs (C(OH)–C–C–N with tert-alkyl or cyclic N) is 1. The fourth-order valence-electron chi connectivity index (χ4n) is 7.28. The second-order valence-corrected chi connectivity index (χ2v) is 12.3. The van der Waals surface area contributed by atoms with Crippen molar-refractivity contribution in [2.24, 2.45) is 0 Å². The zero-order chi connectivity index (χ0) is 26.6. The highest BCUT2D eigenvalue weighted by molar-refractivity contribution is 6.00. The van der Waals surface area contributed by atoms with Crippen molar-refractivity contribution >= 4 is 11.8 Å². The molecule has 7 heteroatoms. The number of amides is 2. The van der Waals surface area contributed by atoms with Gasteiger partial charge < -0.3 is 25.0 Å². The molecule has 0 aromatic heterocycles. The number of hydrogen-bond donors (Lipinski definition) is 2. The fraction of sp³-hybridized carbons (Fsp3) is 0.548. The zero-order valence-corrected chi connectivity index (χ0v) is 22.7. The van der Waals surface area contributed by atoms with E-state index in [2.05, 4.69) is 36.2 Å². The van der Waals surface area contributed by atoms with E-state index in [-0.39, 0.29) is 48.0 Å². The highest BCUT2D eigenvalue weighted by Crippen LogP contribution is 2.39. The molecule has 0 aliphatic carbocycles. The number of carbonyl (C=O) groups excluding carboxylic acids is 2. The van der Waals surface area contributed by atoms with Crippen molar-refractivity contribution < 1.29 is 19.4 Å². The van der Waals surface area contributed by atoms with Gasteiger partial charge in [0, 0.05) is 61.4 Å². The minimum atomic E-state index is -0.670. The van der Waals surface area contributed by atoms with Crippen LogP contribution in [-0.2, 0) is 23.1 Å². The van der Waals surface area contributed by atoms with Crippen LogP contribution in [0.5, 0.6) is 0 Å². The molecule has 5 atom stereocenters. The summed E-state index contributed by atoms with van der Waals surface area (Å²) in [6.07, 6.45) is 4.16. The van der Waals surface area contributed by atoms with Crippen molar-refractivity contribution in [1.82, 2.24) is 15.1 Å². The van der Waals surface area contributed by atoms with Crippen molar-refractivity contribution in [1.29, 1.82) is 0 Å². The van der Waals surface area contributed by atoms with Gasteiger partial charge in [-0.05, 0) is 67.0 Å². The predicted octanol–water partition coefficient (Wildman–Crippen LogP) is 3.28. The highest BCUT2D eigenvalue weighted by Gasteiger charge is 2.44. The molecular weight excluding hydrogens is 478 g/mol. The first-order chi connectivity index (χ1) is 18.2. The Morgan fingerprint density at radius 1 is 1.13 bits per heavy atom. The lowest BCUT2D eigenvalue weighted by molar-refractivity contribution is 0.00819. The van der Waals surface area contributed by atoms with Gasteiger partial charge in [-0.2, -0.15) is 0 Å². The molecule has 2 N–H and O–H groups in total. The minimum absolute atomic E-state index is 0.0691. The van der Waals surface area contributed by atoms with Crippen molar-refractivity contribution in [2.45, 2.75) is 88.2 Å². The van der Waals surface area contributed by atoms with E-state index < -0.39 is 6.10 Å². The summed E-state index contributed by atoms with van der Waals surface area (Å²) in [6, 6.07) is 14.3. The molecule has 0 unspecified atom stereocenters. The maximum Gasteiger partial charge on any atom is 0.254 e. The highest BCUT2D eigenvalue weighted by atomic mass is 16.5. The molecule has 2 amide bonds. The van der Waals surface area contributed by atoms with Gasteiger partial charge in [0.2, 0.25) is 0 Å². The second kappa shape index (κ2) is 9.78. The van der Waals surface area contributed by atoms with Crippen LogP contribution in [0.1, 0.15) is 76.9 Å². The number of rotatable bonds is 5. The number of piperidine rings is 1. The largest absolute Gasteiger partial charge is 0.390 e. The average Bonchev–Trinajstić information content (AvgIpc) is 3.19. The van der Waals surface area contributed by atoms with E-state index in [1.54, 1.807) is 12.0 Å². The average molecular weight is 518 g/mol. The number of methoxy groups -OCH3 is 1. The summed E-state index contributed by atoms with van der Waals surface area (Å²) in [6.45, 7) is 5.74. The van der Waals surface area contributed by atoms with E-state index in [9.17, 15) is 14.7 Å². The van der Waals surface area contributed by atoms with Crippen molar-refractivity contribution in [2.75, 3.05) is 20.2 Å². The van der Waals surface area contributed by atoms with Gasteiger partial charge in [-0.25, -0.2) is 0 Å². The summed E-state index contributed by atoms with van der Waals surface area (Å²) >= 11 is 0. The van der Waals surface area contributed by atoms with Crippen LogP contribution in [-0.4, -0.2) is 77.3 Å². The molecule has 202 valence electrons. The van der Waals surface area contributed by atoms with Crippen LogP contribution in [0.3, 0.4) is 0 Å². The first kappa shape index (κ1) is 25.5. The van der Waals surface area contributed by atoms with E-state index in [4.69, 9.17) is 4.74 Å². The molecule has 2 bridgehead atoms. The zero-order valence-electron chi connectivity index (χ0n) is 22.7. The molecule has 0 spiro atoms. The van der Waals surface area contributed by atoms with Gasteiger partial charge in [-0.1, -0.05) is 38.1 Å². The lowest BCUT2D eigenvalue weighted by Gasteiger charge is -2.42. The van der Waals surface area contributed by atoms with E-state index in [1.165, 1.54) is 11.1 Å². The Hall–Kier alpha value is -2.74.